The fraction of sp³-hybridized carbons (Fsp3) is 0.0385. The molecule has 0 spiro atoms. The number of carbonyl (C=O) groups is 1. The number of aromatic amines is 2. The molecule has 0 bridgehead atoms. The summed E-state index contributed by atoms with van der Waals surface area (Å²) >= 11 is 0. The molecule has 5 aromatic rings. The van der Waals surface area contributed by atoms with Crippen molar-refractivity contribution in [1.82, 2.24) is 15.0 Å². The standard InChI is InChI=1S/C26H19FN4O3/c27-21-13-18(6-7-23(21)34-22-9-11-30-25-19(22)8-10-29-25)31-26(33)20-15-28-14-17(24(20)32)12-16-4-2-1-3-5-16/h1-11,13-15H,12H2,(H,28,32)(H,29,30)(H,31,33). The number of halogens is 1. The molecule has 2 aromatic carbocycles. The van der Waals surface area contributed by atoms with Gasteiger partial charge in [0.05, 0.1) is 5.39 Å². The fourth-order valence-corrected chi connectivity index (χ4v) is 3.65. The maximum atomic E-state index is 14.7. The first-order chi connectivity index (χ1) is 16.6. The third-order valence-electron chi connectivity index (χ3n) is 5.33. The van der Waals surface area contributed by atoms with Crippen LogP contribution in [0.2, 0.25) is 0 Å². The number of nitrogens with zero attached hydrogens (tertiary/aromatic N) is 1. The SMILES string of the molecule is O=C(Nc1ccc(Oc2ccnc3[nH]ccc23)c(F)c1)c1c[nH]cc(Cc2ccccc2)c1=O. The molecule has 3 aromatic heterocycles. The Morgan fingerprint density at radius 1 is 1.03 bits per heavy atom. The van der Waals surface area contributed by atoms with Gasteiger partial charge in [-0.2, -0.15) is 0 Å². The molecule has 0 saturated heterocycles. The van der Waals surface area contributed by atoms with Crippen molar-refractivity contribution in [3.63, 3.8) is 0 Å². The van der Waals surface area contributed by atoms with E-state index in [1.54, 1.807) is 30.7 Å². The second-order valence-electron chi connectivity index (χ2n) is 7.64. The molecule has 7 nitrogen and oxygen atoms in total. The zero-order valence-electron chi connectivity index (χ0n) is 17.8. The predicted octanol–water partition coefficient (Wildman–Crippen LogP) is 5.03. The maximum Gasteiger partial charge on any atom is 0.261 e. The van der Waals surface area contributed by atoms with E-state index in [4.69, 9.17) is 4.74 Å². The van der Waals surface area contributed by atoms with Crippen LogP contribution in [0.25, 0.3) is 11.0 Å². The highest BCUT2D eigenvalue weighted by molar-refractivity contribution is 6.04. The van der Waals surface area contributed by atoms with Crippen LogP contribution in [0.15, 0.2) is 90.2 Å². The topological polar surface area (TPSA) is 99.9 Å². The number of nitrogens with one attached hydrogen (secondary N) is 3. The molecule has 3 heterocycles. The first-order valence-corrected chi connectivity index (χ1v) is 10.5. The average molecular weight is 454 g/mol. The maximum absolute atomic E-state index is 14.7. The summed E-state index contributed by atoms with van der Waals surface area (Å²) < 4.78 is 20.4. The van der Waals surface area contributed by atoms with E-state index in [0.717, 1.165) is 11.6 Å². The van der Waals surface area contributed by atoms with E-state index < -0.39 is 11.7 Å². The van der Waals surface area contributed by atoms with Crippen LogP contribution in [0.3, 0.4) is 0 Å². The summed E-state index contributed by atoms with van der Waals surface area (Å²) in [7, 11) is 0. The molecule has 8 heteroatoms. The van der Waals surface area contributed by atoms with Gasteiger partial charge in [-0.25, -0.2) is 9.37 Å². The van der Waals surface area contributed by atoms with E-state index in [-0.39, 0.29) is 22.4 Å². The lowest BCUT2D eigenvalue weighted by molar-refractivity contribution is 0.102. The number of carbonyl (C=O) groups excluding carboxylic acids is 1. The summed E-state index contributed by atoms with van der Waals surface area (Å²) in [6.07, 6.45) is 6.59. The third-order valence-corrected chi connectivity index (χ3v) is 5.33. The summed E-state index contributed by atoms with van der Waals surface area (Å²) in [4.78, 5) is 35.6. The first kappa shape index (κ1) is 21.1. The van der Waals surface area contributed by atoms with Gasteiger partial charge in [0.15, 0.2) is 17.0 Å². The Bertz CT molecular complexity index is 1540. The zero-order valence-corrected chi connectivity index (χ0v) is 17.8. The van der Waals surface area contributed by atoms with Crippen LogP contribution in [-0.4, -0.2) is 20.9 Å². The van der Waals surface area contributed by atoms with Crippen LogP contribution in [0.4, 0.5) is 10.1 Å². The normalized spacial score (nSPS) is 10.9. The molecule has 34 heavy (non-hydrogen) atoms. The Morgan fingerprint density at radius 2 is 1.88 bits per heavy atom. The minimum absolute atomic E-state index is 0.00518. The largest absolute Gasteiger partial charge is 0.453 e. The van der Waals surface area contributed by atoms with Gasteiger partial charge in [-0.05, 0) is 29.8 Å². The molecule has 0 aliphatic carbocycles. The molecule has 3 N–H and O–H groups in total. The molecule has 0 atom stereocenters. The second-order valence-corrected chi connectivity index (χ2v) is 7.64. The molecule has 168 valence electrons. The van der Waals surface area contributed by atoms with Crippen molar-refractivity contribution in [3.05, 3.63) is 118 Å². The van der Waals surface area contributed by atoms with Crippen LogP contribution >= 0.6 is 0 Å². The Balaban J connectivity index is 1.33. The Morgan fingerprint density at radius 3 is 2.71 bits per heavy atom. The number of hydrogen-bond donors (Lipinski definition) is 3. The highest BCUT2D eigenvalue weighted by atomic mass is 19.1. The van der Waals surface area contributed by atoms with E-state index in [1.165, 1.54) is 18.3 Å². The van der Waals surface area contributed by atoms with Gasteiger partial charge in [0.1, 0.15) is 17.0 Å². The van der Waals surface area contributed by atoms with Crippen molar-refractivity contribution in [2.45, 2.75) is 6.42 Å². The van der Waals surface area contributed by atoms with E-state index in [1.807, 2.05) is 30.3 Å². The van der Waals surface area contributed by atoms with Crippen LogP contribution < -0.4 is 15.5 Å². The van der Waals surface area contributed by atoms with Gasteiger partial charge in [0.25, 0.3) is 5.91 Å². The Hall–Kier alpha value is -4.72. The number of ether oxygens (including phenoxy) is 1. The van der Waals surface area contributed by atoms with Crippen molar-refractivity contribution in [3.8, 4) is 11.5 Å². The third kappa shape index (κ3) is 4.29. The molecule has 0 unspecified atom stereocenters. The number of amides is 1. The van der Waals surface area contributed by atoms with Crippen molar-refractivity contribution in [2.75, 3.05) is 5.32 Å². The van der Waals surface area contributed by atoms with Crippen LogP contribution in [-0.2, 0) is 6.42 Å². The van der Waals surface area contributed by atoms with Gasteiger partial charge in [-0.1, -0.05) is 30.3 Å². The monoisotopic (exact) mass is 454 g/mol. The lowest BCUT2D eigenvalue weighted by Crippen LogP contribution is -2.24. The second kappa shape index (κ2) is 9.03. The lowest BCUT2D eigenvalue weighted by Gasteiger charge is -2.10. The fourth-order valence-electron chi connectivity index (χ4n) is 3.65. The minimum atomic E-state index is -0.662. The van der Waals surface area contributed by atoms with Crippen molar-refractivity contribution in [2.24, 2.45) is 0 Å². The number of aromatic nitrogens is 3. The molecule has 5 rings (SSSR count). The molecular formula is C26H19FN4O3. The Labute approximate surface area is 193 Å². The van der Waals surface area contributed by atoms with Gasteiger partial charge >= 0.3 is 0 Å². The van der Waals surface area contributed by atoms with E-state index >= 15 is 0 Å². The van der Waals surface area contributed by atoms with E-state index in [2.05, 4.69) is 20.3 Å². The minimum Gasteiger partial charge on any atom is -0.453 e. The molecular weight excluding hydrogens is 435 g/mol. The lowest BCUT2D eigenvalue weighted by atomic mass is 10.0. The molecule has 1 amide bonds. The smallest absolute Gasteiger partial charge is 0.261 e. The Kier molecular flexibility index (Phi) is 5.61. The predicted molar refractivity (Wildman–Crippen MR) is 127 cm³/mol. The molecule has 0 aliphatic heterocycles. The average Bonchev–Trinajstić information content (AvgIpc) is 3.33. The summed E-state index contributed by atoms with van der Waals surface area (Å²) in [5, 5.41) is 3.29. The number of H-pyrrole nitrogens is 2. The number of fused-ring (bicyclic) bond motifs is 1. The summed E-state index contributed by atoms with van der Waals surface area (Å²) in [6, 6.07) is 17.0. The number of pyridine rings is 2. The van der Waals surface area contributed by atoms with Crippen molar-refractivity contribution >= 4 is 22.6 Å². The molecule has 0 aliphatic rings. The molecule has 0 radical (unpaired) electrons. The number of rotatable bonds is 6. The first-order valence-electron chi connectivity index (χ1n) is 10.5. The molecule has 0 saturated carbocycles. The number of benzene rings is 2. The van der Waals surface area contributed by atoms with Crippen molar-refractivity contribution in [1.29, 1.82) is 0 Å². The highest BCUT2D eigenvalue weighted by Crippen LogP contribution is 2.31. The van der Waals surface area contributed by atoms with Crippen LogP contribution in [0, 0.1) is 5.82 Å². The summed E-state index contributed by atoms with van der Waals surface area (Å²) in [5.41, 5.74) is 1.80. The van der Waals surface area contributed by atoms with Gasteiger partial charge in [-0.15, -0.1) is 0 Å². The van der Waals surface area contributed by atoms with E-state index in [9.17, 15) is 14.0 Å². The molecule has 0 fully saturated rings. The van der Waals surface area contributed by atoms with Gasteiger partial charge in [-0.3, -0.25) is 9.59 Å². The zero-order chi connectivity index (χ0) is 23.5. The summed E-state index contributed by atoms with van der Waals surface area (Å²) in [5.74, 6) is -0.851. The van der Waals surface area contributed by atoms with Crippen LogP contribution in [0.5, 0.6) is 11.5 Å². The van der Waals surface area contributed by atoms with E-state index in [0.29, 0.717) is 28.8 Å². The quantitative estimate of drug-likeness (QED) is 0.335. The number of anilines is 1. The van der Waals surface area contributed by atoms with Crippen molar-refractivity contribution < 1.29 is 13.9 Å². The van der Waals surface area contributed by atoms with Gasteiger partial charge in [0, 0.05) is 48.5 Å². The van der Waals surface area contributed by atoms with Gasteiger partial charge in [0.2, 0.25) is 0 Å². The van der Waals surface area contributed by atoms with Gasteiger partial charge < -0.3 is 20.0 Å². The highest BCUT2D eigenvalue weighted by Gasteiger charge is 2.16. The number of hydrogen-bond acceptors (Lipinski definition) is 4. The summed E-state index contributed by atoms with van der Waals surface area (Å²) in [6.45, 7) is 0. The van der Waals surface area contributed by atoms with Crippen LogP contribution in [0.1, 0.15) is 21.5 Å².